The van der Waals surface area contributed by atoms with Crippen LogP contribution in [0.25, 0.3) is 6.08 Å². The van der Waals surface area contributed by atoms with Gasteiger partial charge in [0.05, 0.1) is 16.6 Å². The minimum absolute atomic E-state index is 0.207. The van der Waals surface area contributed by atoms with Crippen molar-refractivity contribution in [3.05, 3.63) is 95.9 Å². The van der Waals surface area contributed by atoms with Gasteiger partial charge in [-0.2, -0.15) is 0 Å². The van der Waals surface area contributed by atoms with Gasteiger partial charge in [-0.05, 0) is 61.2 Å². The highest BCUT2D eigenvalue weighted by Crippen LogP contribution is 2.32. The first-order valence-electron chi connectivity index (χ1n) is 10.5. The number of nitrogens with one attached hydrogen (secondary N) is 1. The number of rotatable bonds is 6. The van der Waals surface area contributed by atoms with Crippen LogP contribution in [-0.2, 0) is 9.59 Å². The number of carbonyl (C=O) groups is 2. The fourth-order valence-electron chi connectivity index (χ4n) is 3.29. The third-order valence-electron chi connectivity index (χ3n) is 5.03. The molecule has 0 bridgehead atoms. The molecule has 1 atom stereocenters. The third-order valence-corrected chi connectivity index (χ3v) is 6.88. The summed E-state index contributed by atoms with van der Waals surface area (Å²) in [6.45, 7) is 1.76. The van der Waals surface area contributed by atoms with Crippen LogP contribution in [0.15, 0.2) is 94.4 Å². The quantitative estimate of drug-likeness (QED) is 0.337. The van der Waals surface area contributed by atoms with Crippen molar-refractivity contribution in [2.75, 3.05) is 16.5 Å². The van der Waals surface area contributed by atoms with Crippen molar-refractivity contribution >= 4 is 58.0 Å². The van der Waals surface area contributed by atoms with Crippen LogP contribution in [0, 0.1) is 5.82 Å². The van der Waals surface area contributed by atoms with E-state index in [2.05, 4.69) is 10.3 Å². The molecule has 3 aromatic rings. The summed E-state index contributed by atoms with van der Waals surface area (Å²) in [6, 6.07) is 22.6. The fraction of sp³-hybridized carbons (Fsp3) is 0.115. The van der Waals surface area contributed by atoms with E-state index >= 15 is 0 Å². The second-order valence-corrected chi connectivity index (χ2v) is 9.56. The smallest absolute Gasteiger partial charge is 0.283 e. The van der Waals surface area contributed by atoms with E-state index in [1.165, 1.54) is 40.9 Å². The summed E-state index contributed by atoms with van der Waals surface area (Å²) < 4.78 is 13.5. The Morgan fingerprint density at radius 3 is 2.41 bits per heavy atom. The van der Waals surface area contributed by atoms with E-state index < -0.39 is 11.1 Å². The predicted octanol–water partition coefficient (Wildman–Crippen LogP) is 6.05. The molecule has 0 saturated carbocycles. The summed E-state index contributed by atoms with van der Waals surface area (Å²) >= 11 is 2.72. The largest absolute Gasteiger partial charge is 0.324 e. The van der Waals surface area contributed by atoms with Gasteiger partial charge in [0.15, 0.2) is 5.17 Å². The van der Waals surface area contributed by atoms with Crippen LogP contribution >= 0.6 is 23.5 Å². The van der Waals surface area contributed by atoms with Crippen LogP contribution in [0.3, 0.4) is 0 Å². The molecule has 34 heavy (non-hydrogen) atoms. The molecule has 1 unspecified atom stereocenters. The molecule has 0 aliphatic carbocycles. The minimum Gasteiger partial charge on any atom is -0.324 e. The van der Waals surface area contributed by atoms with E-state index in [9.17, 15) is 14.0 Å². The zero-order valence-electron chi connectivity index (χ0n) is 18.6. The molecule has 8 heteroatoms. The fourth-order valence-corrected chi connectivity index (χ4v) is 4.77. The number of thioether (sulfide) groups is 2. The Balaban J connectivity index is 1.61. The summed E-state index contributed by atoms with van der Waals surface area (Å²) in [4.78, 5) is 33.1. The molecule has 0 saturated heterocycles. The molecule has 0 aromatic heterocycles. The number of halogens is 1. The predicted molar refractivity (Wildman–Crippen MR) is 140 cm³/mol. The van der Waals surface area contributed by atoms with E-state index in [-0.39, 0.29) is 17.5 Å². The van der Waals surface area contributed by atoms with Gasteiger partial charge >= 0.3 is 0 Å². The second-order valence-electron chi connectivity index (χ2n) is 7.40. The van der Waals surface area contributed by atoms with Gasteiger partial charge in [0, 0.05) is 4.90 Å². The Kier molecular flexibility index (Phi) is 7.49. The van der Waals surface area contributed by atoms with E-state index in [0.717, 1.165) is 16.1 Å². The molecule has 0 fully saturated rings. The van der Waals surface area contributed by atoms with Gasteiger partial charge in [-0.1, -0.05) is 54.2 Å². The number of amides is 2. The van der Waals surface area contributed by atoms with Crippen molar-refractivity contribution < 1.29 is 14.0 Å². The number of para-hydroxylation sites is 1. The van der Waals surface area contributed by atoms with E-state index in [1.807, 2.05) is 60.9 Å². The van der Waals surface area contributed by atoms with Crippen molar-refractivity contribution in [3.8, 4) is 0 Å². The summed E-state index contributed by atoms with van der Waals surface area (Å²) in [7, 11) is 0. The van der Waals surface area contributed by atoms with Crippen molar-refractivity contribution in [1.29, 1.82) is 0 Å². The molecule has 4 rings (SSSR count). The lowest BCUT2D eigenvalue weighted by atomic mass is 10.2. The van der Waals surface area contributed by atoms with Crippen LogP contribution < -0.4 is 10.2 Å². The zero-order chi connectivity index (χ0) is 24.1. The number of aliphatic imine (C=N–C) groups is 1. The maximum atomic E-state index is 13.5. The van der Waals surface area contributed by atoms with Gasteiger partial charge in [0.1, 0.15) is 11.5 Å². The SMILES string of the molecule is CSc1ccccc1NC(=O)C(C)SC1=N/C(=C\c2ccccc2)C(=O)N1c1ccc(F)cc1. The van der Waals surface area contributed by atoms with Crippen LogP contribution in [0.1, 0.15) is 12.5 Å². The first-order chi connectivity index (χ1) is 16.5. The average molecular weight is 492 g/mol. The lowest BCUT2D eigenvalue weighted by Crippen LogP contribution is -2.33. The molecular formula is C26H22FN3O2S2. The Hall–Kier alpha value is -3.36. The number of nitrogens with zero attached hydrogens (tertiary/aromatic N) is 2. The van der Waals surface area contributed by atoms with Crippen molar-refractivity contribution in [1.82, 2.24) is 0 Å². The molecule has 5 nitrogen and oxygen atoms in total. The molecule has 1 aliphatic heterocycles. The molecular weight excluding hydrogens is 469 g/mol. The normalized spacial score (nSPS) is 15.4. The van der Waals surface area contributed by atoms with Gasteiger partial charge < -0.3 is 5.32 Å². The Bertz CT molecular complexity index is 1260. The van der Waals surface area contributed by atoms with Gasteiger partial charge in [0.2, 0.25) is 5.91 Å². The number of anilines is 2. The molecule has 1 aliphatic rings. The first kappa shape index (κ1) is 23.8. The Labute approximate surface area is 206 Å². The number of benzene rings is 3. The second kappa shape index (κ2) is 10.7. The Morgan fingerprint density at radius 2 is 1.71 bits per heavy atom. The van der Waals surface area contributed by atoms with Gasteiger partial charge in [-0.15, -0.1) is 11.8 Å². The number of carbonyl (C=O) groups excluding carboxylic acids is 2. The average Bonchev–Trinajstić information content (AvgIpc) is 3.14. The standard InChI is InChI=1S/C26H22FN3O2S2/c1-17(24(31)28-21-10-6-7-11-23(21)33-2)34-26-29-22(16-18-8-4-3-5-9-18)25(32)30(26)20-14-12-19(27)13-15-20/h3-17H,1-2H3,(H,28,31)/b22-16-. The van der Waals surface area contributed by atoms with E-state index in [1.54, 1.807) is 24.8 Å². The summed E-state index contributed by atoms with van der Waals surface area (Å²) in [6.07, 6.45) is 3.65. The lowest BCUT2D eigenvalue weighted by molar-refractivity contribution is -0.115. The van der Waals surface area contributed by atoms with Crippen molar-refractivity contribution in [2.45, 2.75) is 17.1 Å². The highest BCUT2D eigenvalue weighted by Gasteiger charge is 2.34. The molecule has 3 aromatic carbocycles. The molecule has 0 spiro atoms. The summed E-state index contributed by atoms with van der Waals surface area (Å²) in [5.41, 5.74) is 2.30. The van der Waals surface area contributed by atoms with E-state index in [0.29, 0.717) is 10.9 Å². The third kappa shape index (κ3) is 5.40. The highest BCUT2D eigenvalue weighted by atomic mass is 32.2. The molecule has 1 heterocycles. The highest BCUT2D eigenvalue weighted by molar-refractivity contribution is 8.15. The van der Waals surface area contributed by atoms with Gasteiger partial charge in [0.25, 0.3) is 5.91 Å². The van der Waals surface area contributed by atoms with Gasteiger partial charge in [-0.25, -0.2) is 9.38 Å². The number of amidine groups is 1. The van der Waals surface area contributed by atoms with E-state index in [4.69, 9.17) is 0 Å². The minimum atomic E-state index is -0.541. The molecule has 1 N–H and O–H groups in total. The number of hydrogen-bond donors (Lipinski definition) is 1. The molecule has 172 valence electrons. The van der Waals surface area contributed by atoms with Crippen LogP contribution in [0.5, 0.6) is 0 Å². The van der Waals surface area contributed by atoms with Gasteiger partial charge in [-0.3, -0.25) is 14.5 Å². The zero-order valence-corrected chi connectivity index (χ0v) is 20.2. The lowest BCUT2D eigenvalue weighted by Gasteiger charge is -2.20. The summed E-state index contributed by atoms with van der Waals surface area (Å²) in [5, 5.41) is 2.78. The van der Waals surface area contributed by atoms with Crippen LogP contribution in [0.2, 0.25) is 0 Å². The maximum Gasteiger partial charge on any atom is 0.283 e. The van der Waals surface area contributed by atoms with Crippen molar-refractivity contribution in [3.63, 3.8) is 0 Å². The monoisotopic (exact) mass is 491 g/mol. The Morgan fingerprint density at radius 1 is 1.03 bits per heavy atom. The van der Waals surface area contributed by atoms with Crippen molar-refractivity contribution in [2.24, 2.45) is 4.99 Å². The summed E-state index contributed by atoms with van der Waals surface area (Å²) in [5.74, 6) is -0.943. The number of hydrogen-bond acceptors (Lipinski definition) is 5. The first-order valence-corrected chi connectivity index (χ1v) is 12.6. The van der Waals surface area contributed by atoms with Crippen LogP contribution in [-0.4, -0.2) is 28.5 Å². The topological polar surface area (TPSA) is 61.8 Å². The van der Waals surface area contributed by atoms with Crippen LogP contribution in [0.4, 0.5) is 15.8 Å². The molecule has 2 amide bonds. The maximum absolute atomic E-state index is 13.5. The molecule has 0 radical (unpaired) electrons.